The highest BCUT2D eigenvalue weighted by Crippen LogP contribution is 2.01. The zero-order valence-corrected chi connectivity index (χ0v) is 15.2. The van der Waals surface area contributed by atoms with Crippen molar-refractivity contribution in [1.82, 2.24) is 0 Å². The van der Waals surface area contributed by atoms with E-state index in [1.165, 1.54) is 25.7 Å². The molecule has 0 saturated heterocycles. The second-order valence-electron chi connectivity index (χ2n) is 5.73. The molecule has 0 aromatic rings. The van der Waals surface area contributed by atoms with Crippen molar-refractivity contribution in [2.75, 3.05) is 0 Å². The summed E-state index contributed by atoms with van der Waals surface area (Å²) in [6.45, 7) is 2.23. The average molecular weight is 331 g/mol. The number of aliphatic carboxylic acids is 1. The Balaban J connectivity index is 3.46. The van der Waals surface area contributed by atoms with E-state index in [4.69, 9.17) is 5.11 Å². The number of allylic oxidation sites excluding steroid dienone is 10. The van der Waals surface area contributed by atoms with Crippen molar-refractivity contribution in [3.05, 3.63) is 60.8 Å². The van der Waals surface area contributed by atoms with Crippen LogP contribution >= 0.6 is 0 Å². The molecule has 0 amide bonds. The summed E-state index contributed by atoms with van der Waals surface area (Å²) in [5.41, 5.74) is 0. The molecule has 0 saturated carbocycles. The van der Waals surface area contributed by atoms with Gasteiger partial charge in [-0.25, -0.2) is 0 Å². The van der Waals surface area contributed by atoms with Crippen LogP contribution in [0.1, 0.15) is 71.1 Å². The van der Waals surface area contributed by atoms with Crippen LogP contribution in [0.15, 0.2) is 60.8 Å². The molecule has 24 heavy (non-hydrogen) atoms. The van der Waals surface area contributed by atoms with Gasteiger partial charge in [-0.1, -0.05) is 80.5 Å². The summed E-state index contributed by atoms with van der Waals surface area (Å²) in [6, 6.07) is 0. The maximum Gasteiger partial charge on any atom is 0.303 e. The van der Waals surface area contributed by atoms with E-state index in [-0.39, 0.29) is 6.42 Å². The zero-order chi connectivity index (χ0) is 17.7. The molecular formula is C22H34O2. The Morgan fingerprint density at radius 2 is 1.08 bits per heavy atom. The van der Waals surface area contributed by atoms with Gasteiger partial charge in [0, 0.05) is 6.42 Å². The van der Waals surface area contributed by atoms with Crippen molar-refractivity contribution < 1.29 is 9.90 Å². The molecule has 0 radical (unpaired) electrons. The summed E-state index contributed by atoms with van der Waals surface area (Å²) in [6.07, 6.45) is 31.4. The Bertz CT molecular complexity index is 425. The van der Waals surface area contributed by atoms with Gasteiger partial charge in [0.25, 0.3) is 0 Å². The van der Waals surface area contributed by atoms with Crippen LogP contribution in [-0.2, 0) is 4.79 Å². The van der Waals surface area contributed by atoms with E-state index in [1.54, 1.807) is 0 Å². The van der Waals surface area contributed by atoms with Crippen LogP contribution in [0.5, 0.6) is 0 Å². The lowest BCUT2D eigenvalue weighted by atomic mass is 10.2. The molecule has 0 bridgehead atoms. The minimum Gasteiger partial charge on any atom is -0.481 e. The third-order valence-electron chi connectivity index (χ3n) is 3.42. The van der Waals surface area contributed by atoms with Gasteiger partial charge in [-0.05, 0) is 44.9 Å². The van der Waals surface area contributed by atoms with Gasteiger partial charge in [-0.15, -0.1) is 0 Å². The van der Waals surface area contributed by atoms with Crippen LogP contribution in [0.3, 0.4) is 0 Å². The van der Waals surface area contributed by atoms with Gasteiger partial charge in [-0.2, -0.15) is 0 Å². The zero-order valence-electron chi connectivity index (χ0n) is 15.2. The van der Waals surface area contributed by atoms with Crippen molar-refractivity contribution >= 4 is 5.97 Å². The second-order valence-corrected chi connectivity index (χ2v) is 5.73. The largest absolute Gasteiger partial charge is 0.481 e. The Labute approximate surface area is 148 Å². The first-order chi connectivity index (χ1) is 11.8. The highest BCUT2D eigenvalue weighted by molar-refractivity contribution is 5.66. The molecule has 1 N–H and O–H groups in total. The van der Waals surface area contributed by atoms with E-state index in [0.29, 0.717) is 6.42 Å². The fourth-order valence-corrected chi connectivity index (χ4v) is 2.04. The predicted molar refractivity (Wildman–Crippen MR) is 105 cm³/mol. The molecule has 0 heterocycles. The molecule has 0 aliphatic rings. The van der Waals surface area contributed by atoms with Gasteiger partial charge in [-0.3, -0.25) is 4.79 Å². The van der Waals surface area contributed by atoms with E-state index in [1.807, 2.05) is 12.2 Å². The van der Waals surface area contributed by atoms with E-state index >= 15 is 0 Å². The van der Waals surface area contributed by atoms with Crippen molar-refractivity contribution in [2.24, 2.45) is 0 Å². The lowest BCUT2D eigenvalue weighted by Crippen LogP contribution is -1.91. The second kappa shape index (κ2) is 19.2. The Morgan fingerprint density at radius 3 is 1.50 bits per heavy atom. The van der Waals surface area contributed by atoms with Crippen molar-refractivity contribution in [3.8, 4) is 0 Å². The van der Waals surface area contributed by atoms with Crippen LogP contribution in [0, 0.1) is 0 Å². The van der Waals surface area contributed by atoms with E-state index in [0.717, 1.165) is 25.7 Å². The van der Waals surface area contributed by atoms with E-state index in [2.05, 4.69) is 55.5 Å². The van der Waals surface area contributed by atoms with Gasteiger partial charge in [0.15, 0.2) is 0 Å². The third kappa shape index (κ3) is 20.2. The highest BCUT2D eigenvalue weighted by Gasteiger charge is 1.90. The van der Waals surface area contributed by atoms with Gasteiger partial charge in [0.05, 0.1) is 0 Å². The molecule has 2 heteroatoms. The van der Waals surface area contributed by atoms with Crippen molar-refractivity contribution in [2.45, 2.75) is 71.1 Å². The molecule has 0 aromatic heterocycles. The van der Waals surface area contributed by atoms with Crippen molar-refractivity contribution in [3.63, 3.8) is 0 Å². The smallest absolute Gasteiger partial charge is 0.303 e. The standard InChI is InChI=1S/C22H34O2/c1-2-3-4-5-6-7-8-9-10-11-12-13-14-15-16-17-18-19-20-21-22(23)24/h6-7,9-10,12-13,15-16,18-19H,2-5,8,11,14,17,20-21H2,1H3,(H,23,24)/b7-6-,10-9-,13-12+,16-15+,19-18-. The maximum atomic E-state index is 10.3. The van der Waals surface area contributed by atoms with Gasteiger partial charge >= 0.3 is 5.97 Å². The quantitative estimate of drug-likeness (QED) is 0.265. The lowest BCUT2D eigenvalue weighted by molar-refractivity contribution is -0.136. The fraction of sp³-hybridized carbons (Fsp3) is 0.500. The van der Waals surface area contributed by atoms with Crippen LogP contribution in [0.2, 0.25) is 0 Å². The predicted octanol–water partition coefficient (Wildman–Crippen LogP) is 6.77. The van der Waals surface area contributed by atoms with Crippen LogP contribution in [-0.4, -0.2) is 11.1 Å². The maximum absolute atomic E-state index is 10.3. The monoisotopic (exact) mass is 330 g/mol. The number of carboxylic acids is 1. The molecule has 0 aromatic carbocycles. The summed E-state index contributed by atoms with van der Waals surface area (Å²) in [5.74, 6) is -0.739. The molecule has 0 aliphatic heterocycles. The minimum atomic E-state index is -0.739. The van der Waals surface area contributed by atoms with Crippen molar-refractivity contribution in [1.29, 1.82) is 0 Å². The topological polar surface area (TPSA) is 37.3 Å². The molecule has 0 spiro atoms. The van der Waals surface area contributed by atoms with Gasteiger partial charge < -0.3 is 5.11 Å². The highest BCUT2D eigenvalue weighted by atomic mass is 16.4. The first-order valence-electron chi connectivity index (χ1n) is 9.24. The number of hydrogen-bond donors (Lipinski definition) is 1. The molecule has 0 aliphatic carbocycles. The summed E-state index contributed by atoms with van der Waals surface area (Å²) >= 11 is 0. The molecule has 0 rings (SSSR count). The third-order valence-corrected chi connectivity index (χ3v) is 3.42. The first kappa shape index (κ1) is 22.2. The number of rotatable bonds is 15. The number of unbranched alkanes of at least 4 members (excludes halogenated alkanes) is 3. The normalized spacial score (nSPS) is 12.7. The summed E-state index contributed by atoms with van der Waals surface area (Å²) in [4.78, 5) is 10.3. The summed E-state index contributed by atoms with van der Waals surface area (Å²) in [5, 5.41) is 8.49. The number of carbonyl (C=O) groups is 1. The first-order valence-corrected chi connectivity index (χ1v) is 9.24. The van der Waals surface area contributed by atoms with Crippen LogP contribution < -0.4 is 0 Å². The lowest BCUT2D eigenvalue weighted by Gasteiger charge is -1.90. The minimum absolute atomic E-state index is 0.213. The molecule has 0 fully saturated rings. The van der Waals surface area contributed by atoms with Gasteiger partial charge in [0.2, 0.25) is 0 Å². The number of carboxylic acid groups (broad SMARTS) is 1. The average Bonchev–Trinajstić information content (AvgIpc) is 2.56. The molecule has 0 atom stereocenters. The molecule has 134 valence electrons. The Morgan fingerprint density at radius 1 is 0.667 bits per heavy atom. The molecular weight excluding hydrogens is 296 g/mol. The summed E-state index contributed by atoms with van der Waals surface area (Å²) < 4.78 is 0. The number of hydrogen-bond acceptors (Lipinski definition) is 1. The fourth-order valence-electron chi connectivity index (χ4n) is 2.04. The van der Waals surface area contributed by atoms with Crippen LogP contribution in [0.4, 0.5) is 0 Å². The SMILES string of the molecule is CCCCC/C=C\C/C=C\C/C=C/C/C=C/C/C=C\CCC(=O)O. The van der Waals surface area contributed by atoms with Crippen LogP contribution in [0.25, 0.3) is 0 Å². The Hall–Kier alpha value is -1.83. The summed E-state index contributed by atoms with van der Waals surface area (Å²) in [7, 11) is 0. The van der Waals surface area contributed by atoms with E-state index < -0.39 is 5.97 Å². The molecule has 0 unspecified atom stereocenters. The Kier molecular flexibility index (Phi) is 17.8. The van der Waals surface area contributed by atoms with Gasteiger partial charge in [0.1, 0.15) is 0 Å². The molecule has 2 nitrogen and oxygen atoms in total. The van der Waals surface area contributed by atoms with E-state index in [9.17, 15) is 4.79 Å².